The van der Waals surface area contributed by atoms with Gasteiger partial charge >= 0.3 is 0 Å². The van der Waals surface area contributed by atoms with Crippen LogP contribution in [0, 0.1) is 6.92 Å². The van der Waals surface area contributed by atoms with Crippen molar-refractivity contribution >= 4 is 27.4 Å². The van der Waals surface area contributed by atoms with Crippen LogP contribution in [0.2, 0.25) is 0 Å². The first-order valence-corrected chi connectivity index (χ1v) is 17.8. The minimum atomic E-state index is -0.263. The standard InChI is InChI=1S/C49H49N/c1-12-31(3)39(13-2)47(6,7)42-28-37-38-29-43-44(49(10,11)41-22-18-17-21-40(41)48(43,8)9)30-46(38)50(45(37)27-32(42)4)36-25-23-35(24-26-36)33(5)34-19-15-14-16-20-34/h12-30H,1-2,5H2,3-4,6-11H3/b39-31+. The number of allylic oxidation sites excluding steroid dienone is 4. The monoisotopic (exact) mass is 651 g/mol. The van der Waals surface area contributed by atoms with E-state index in [1.54, 1.807) is 0 Å². The summed E-state index contributed by atoms with van der Waals surface area (Å²) in [6.07, 6.45) is 3.95. The van der Waals surface area contributed by atoms with Crippen LogP contribution in [-0.4, -0.2) is 4.57 Å². The van der Waals surface area contributed by atoms with Crippen molar-refractivity contribution in [3.05, 3.63) is 191 Å². The summed E-state index contributed by atoms with van der Waals surface area (Å²) in [6, 6.07) is 38.3. The molecule has 6 aromatic rings. The Balaban J connectivity index is 1.54. The summed E-state index contributed by atoms with van der Waals surface area (Å²) < 4.78 is 2.48. The molecule has 7 rings (SSSR count). The molecule has 1 heterocycles. The molecule has 50 heavy (non-hydrogen) atoms. The number of hydrogen-bond acceptors (Lipinski definition) is 0. The molecule has 0 saturated carbocycles. The fraction of sp³-hybridized carbons (Fsp3) is 0.224. The zero-order valence-corrected chi connectivity index (χ0v) is 31.0. The van der Waals surface area contributed by atoms with E-state index in [0.29, 0.717) is 0 Å². The van der Waals surface area contributed by atoms with Crippen LogP contribution < -0.4 is 0 Å². The second-order valence-corrected chi connectivity index (χ2v) is 15.8. The van der Waals surface area contributed by atoms with E-state index in [1.165, 1.54) is 60.8 Å². The normalized spacial score (nSPS) is 15.3. The van der Waals surface area contributed by atoms with E-state index in [0.717, 1.165) is 28.0 Å². The number of aryl methyl sites for hydroxylation is 1. The predicted molar refractivity (Wildman–Crippen MR) is 217 cm³/mol. The first kappa shape index (κ1) is 33.4. The average molecular weight is 652 g/mol. The zero-order valence-electron chi connectivity index (χ0n) is 31.0. The van der Waals surface area contributed by atoms with Crippen LogP contribution in [0.15, 0.2) is 146 Å². The van der Waals surface area contributed by atoms with Gasteiger partial charge in [-0.05, 0) is 111 Å². The van der Waals surface area contributed by atoms with E-state index < -0.39 is 0 Å². The molecule has 1 aliphatic carbocycles. The minimum Gasteiger partial charge on any atom is -0.309 e. The quantitative estimate of drug-likeness (QED) is 0.151. The lowest BCUT2D eigenvalue weighted by Crippen LogP contribution is -2.36. The number of nitrogens with zero attached hydrogens (tertiary/aromatic N) is 1. The second kappa shape index (κ2) is 11.7. The molecule has 1 aromatic heterocycles. The molecule has 0 amide bonds. The molecule has 0 aliphatic heterocycles. The van der Waals surface area contributed by atoms with Crippen LogP contribution in [0.1, 0.15) is 93.0 Å². The van der Waals surface area contributed by atoms with Crippen molar-refractivity contribution in [1.82, 2.24) is 4.57 Å². The van der Waals surface area contributed by atoms with E-state index in [2.05, 4.69) is 177 Å². The first-order valence-electron chi connectivity index (χ1n) is 17.8. The van der Waals surface area contributed by atoms with Crippen LogP contribution in [0.25, 0.3) is 33.1 Å². The van der Waals surface area contributed by atoms with E-state index >= 15 is 0 Å². The molecule has 0 atom stereocenters. The molecule has 1 heteroatoms. The third kappa shape index (κ3) is 4.90. The van der Waals surface area contributed by atoms with Gasteiger partial charge in [0.1, 0.15) is 0 Å². The fourth-order valence-electron chi connectivity index (χ4n) is 8.84. The summed E-state index contributed by atoms with van der Waals surface area (Å²) in [5.41, 5.74) is 16.8. The molecular weight excluding hydrogens is 603 g/mol. The summed E-state index contributed by atoms with van der Waals surface area (Å²) in [7, 11) is 0. The number of fused-ring (bicyclic) bond motifs is 5. The largest absolute Gasteiger partial charge is 0.309 e. The van der Waals surface area contributed by atoms with Gasteiger partial charge in [-0.1, -0.05) is 140 Å². The second-order valence-electron chi connectivity index (χ2n) is 15.8. The molecule has 0 spiro atoms. The van der Waals surface area contributed by atoms with Crippen molar-refractivity contribution in [3.8, 4) is 5.69 Å². The Kier molecular flexibility index (Phi) is 7.83. The van der Waals surface area contributed by atoms with Crippen molar-refractivity contribution in [2.75, 3.05) is 0 Å². The lowest BCUT2D eigenvalue weighted by molar-refractivity contribution is 0.521. The van der Waals surface area contributed by atoms with Gasteiger partial charge in [0.25, 0.3) is 0 Å². The molecule has 0 N–H and O–H groups in total. The van der Waals surface area contributed by atoms with Gasteiger partial charge < -0.3 is 4.57 Å². The van der Waals surface area contributed by atoms with Crippen molar-refractivity contribution < 1.29 is 0 Å². The first-order chi connectivity index (χ1) is 23.7. The maximum Gasteiger partial charge on any atom is 0.0544 e. The van der Waals surface area contributed by atoms with Crippen LogP contribution in [0.4, 0.5) is 0 Å². The lowest BCUT2D eigenvalue weighted by Gasteiger charge is -2.44. The molecule has 0 bridgehead atoms. The zero-order chi connectivity index (χ0) is 35.7. The molecule has 0 unspecified atom stereocenters. The van der Waals surface area contributed by atoms with Crippen molar-refractivity contribution in [2.24, 2.45) is 0 Å². The summed E-state index contributed by atoms with van der Waals surface area (Å²) in [5, 5.41) is 2.54. The van der Waals surface area contributed by atoms with Gasteiger partial charge in [0.2, 0.25) is 0 Å². The Morgan fingerprint density at radius 2 is 1.16 bits per heavy atom. The molecule has 1 aliphatic rings. The maximum atomic E-state index is 4.44. The number of aromatic nitrogens is 1. The number of benzene rings is 5. The van der Waals surface area contributed by atoms with Gasteiger partial charge in [-0.3, -0.25) is 0 Å². The highest BCUT2D eigenvalue weighted by Gasteiger charge is 2.42. The van der Waals surface area contributed by atoms with Crippen LogP contribution in [0.3, 0.4) is 0 Å². The van der Waals surface area contributed by atoms with Crippen molar-refractivity contribution in [2.45, 2.75) is 71.6 Å². The maximum absolute atomic E-state index is 4.44. The Morgan fingerprint density at radius 3 is 1.74 bits per heavy atom. The van der Waals surface area contributed by atoms with Crippen LogP contribution >= 0.6 is 0 Å². The Labute approximate surface area is 299 Å². The third-order valence-corrected chi connectivity index (χ3v) is 11.7. The van der Waals surface area contributed by atoms with Crippen molar-refractivity contribution in [3.63, 3.8) is 0 Å². The van der Waals surface area contributed by atoms with E-state index in [4.69, 9.17) is 0 Å². The molecule has 0 saturated heterocycles. The lowest BCUT2D eigenvalue weighted by atomic mass is 9.60. The summed E-state index contributed by atoms with van der Waals surface area (Å²) in [4.78, 5) is 0. The van der Waals surface area contributed by atoms with Gasteiger partial charge in [0, 0.05) is 32.7 Å². The van der Waals surface area contributed by atoms with Gasteiger partial charge in [0.15, 0.2) is 0 Å². The molecule has 0 radical (unpaired) electrons. The Morgan fingerprint density at radius 1 is 0.640 bits per heavy atom. The summed E-state index contributed by atoms with van der Waals surface area (Å²) in [5.74, 6) is 0. The Bertz CT molecular complexity index is 2380. The highest BCUT2D eigenvalue weighted by molar-refractivity contribution is 6.10. The highest BCUT2D eigenvalue weighted by atomic mass is 15.0. The molecule has 1 nitrogen and oxygen atoms in total. The molecule has 0 fully saturated rings. The van der Waals surface area contributed by atoms with Crippen molar-refractivity contribution in [1.29, 1.82) is 0 Å². The van der Waals surface area contributed by atoms with Gasteiger partial charge in [-0.25, -0.2) is 0 Å². The topological polar surface area (TPSA) is 4.93 Å². The predicted octanol–water partition coefficient (Wildman–Crippen LogP) is 13.1. The minimum absolute atomic E-state index is 0.143. The molecule has 5 aromatic carbocycles. The molecule has 250 valence electrons. The van der Waals surface area contributed by atoms with Crippen LogP contribution in [-0.2, 0) is 16.2 Å². The number of rotatable bonds is 7. The van der Waals surface area contributed by atoms with E-state index in [9.17, 15) is 0 Å². The Hall–Kier alpha value is -5.14. The SMILES string of the molecule is C=C/C(C)=C(\C=C)C(C)(C)c1cc2c3cc4c(cc3n(-c3ccc(C(=C)c5ccccc5)cc3)c2cc1C)C(C)(C)c1ccccc1C4(C)C. The third-order valence-electron chi connectivity index (χ3n) is 11.7. The van der Waals surface area contributed by atoms with E-state index in [-0.39, 0.29) is 16.2 Å². The van der Waals surface area contributed by atoms with Crippen LogP contribution in [0.5, 0.6) is 0 Å². The fourth-order valence-corrected chi connectivity index (χ4v) is 8.84. The van der Waals surface area contributed by atoms with Gasteiger partial charge in [-0.2, -0.15) is 0 Å². The average Bonchev–Trinajstić information content (AvgIpc) is 3.42. The summed E-state index contributed by atoms with van der Waals surface area (Å²) in [6.45, 7) is 31.3. The van der Waals surface area contributed by atoms with Gasteiger partial charge in [-0.15, -0.1) is 0 Å². The summed E-state index contributed by atoms with van der Waals surface area (Å²) >= 11 is 0. The number of hydrogen-bond donors (Lipinski definition) is 0. The van der Waals surface area contributed by atoms with Gasteiger partial charge in [0.05, 0.1) is 11.0 Å². The molecular formula is C49H49N. The smallest absolute Gasteiger partial charge is 0.0544 e. The highest BCUT2D eigenvalue weighted by Crippen LogP contribution is 2.52. The van der Waals surface area contributed by atoms with E-state index in [1.807, 2.05) is 18.2 Å².